The van der Waals surface area contributed by atoms with Crippen LogP contribution in [0.2, 0.25) is 0 Å². The van der Waals surface area contributed by atoms with Crippen molar-refractivity contribution in [3.63, 3.8) is 0 Å². The van der Waals surface area contributed by atoms with Gasteiger partial charge in [0.15, 0.2) is 11.6 Å². The Morgan fingerprint density at radius 1 is 1.33 bits per heavy atom. The first-order valence-corrected chi connectivity index (χ1v) is 5.59. The first kappa shape index (κ1) is 12.6. The van der Waals surface area contributed by atoms with Gasteiger partial charge in [0, 0.05) is 19.5 Å². The highest BCUT2D eigenvalue weighted by atomic mass is 19.2. The molecule has 0 radical (unpaired) electrons. The lowest BCUT2D eigenvalue weighted by molar-refractivity contribution is 0.491. The van der Waals surface area contributed by atoms with E-state index in [1.807, 2.05) is 0 Å². The summed E-state index contributed by atoms with van der Waals surface area (Å²) in [4.78, 5) is 4.04. The van der Waals surface area contributed by atoms with Crippen LogP contribution in [0.1, 0.15) is 11.4 Å². The van der Waals surface area contributed by atoms with E-state index < -0.39 is 11.6 Å². The van der Waals surface area contributed by atoms with Crippen LogP contribution in [0.5, 0.6) is 0 Å². The lowest BCUT2D eigenvalue weighted by Gasteiger charge is -2.11. The molecule has 0 aliphatic carbocycles. The van der Waals surface area contributed by atoms with E-state index in [1.54, 1.807) is 11.7 Å². The van der Waals surface area contributed by atoms with Crippen molar-refractivity contribution < 1.29 is 8.78 Å². The molecule has 0 aliphatic heterocycles. The Hall–Kier alpha value is -1.82. The van der Waals surface area contributed by atoms with E-state index in [9.17, 15) is 8.78 Å². The number of rotatable bonds is 4. The third kappa shape index (κ3) is 2.70. The van der Waals surface area contributed by atoms with Crippen molar-refractivity contribution in [2.24, 2.45) is 12.8 Å². The molecule has 1 unspecified atom stereocenters. The summed E-state index contributed by atoms with van der Waals surface area (Å²) in [6.45, 7) is 0. The van der Waals surface area contributed by atoms with Crippen LogP contribution in [-0.4, -0.2) is 20.8 Å². The molecule has 6 heteroatoms. The fourth-order valence-corrected chi connectivity index (χ4v) is 1.80. The normalized spacial score (nSPS) is 12.7. The number of aromatic nitrogens is 3. The number of nitrogens with zero attached hydrogens (tertiary/aromatic N) is 3. The minimum Gasteiger partial charge on any atom is -0.327 e. The van der Waals surface area contributed by atoms with Gasteiger partial charge in [0.05, 0.1) is 0 Å². The standard InChI is InChI=1S/C12H14F2N4/c1-18-11(16-7-17-18)6-9(15)5-8-3-2-4-10(13)12(8)14/h2-4,7,9H,5-6,15H2,1H3. The average molecular weight is 252 g/mol. The molecular weight excluding hydrogens is 238 g/mol. The van der Waals surface area contributed by atoms with E-state index >= 15 is 0 Å². The van der Waals surface area contributed by atoms with Gasteiger partial charge in [0.25, 0.3) is 0 Å². The maximum atomic E-state index is 13.5. The topological polar surface area (TPSA) is 56.7 Å². The van der Waals surface area contributed by atoms with Crippen LogP contribution in [0.3, 0.4) is 0 Å². The molecule has 96 valence electrons. The summed E-state index contributed by atoms with van der Waals surface area (Å²) in [5.74, 6) is -0.955. The van der Waals surface area contributed by atoms with Gasteiger partial charge in [-0.2, -0.15) is 5.10 Å². The number of aryl methyl sites for hydroxylation is 1. The number of hydrogen-bond donors (Lipinski definition) is 1. The molecule has 2 rings (SSSR count). The Morgan fingerprint density at radius 2 is 2.11 bits per heavy atom. The first-order valence-electron chi connectivity index (χ1n) is 5.59. The van der Waals surface area contributed by atoms with E-state index in [0.717, 1.165) is 11.9 Å². The lowest BCUT2D eigenvalue weighted by atomic mass is 10.0. The summed E-state index contributed by atoms with van der Waals surface area (Å²) in [7, 11) is 1.76. The number of nitrogens with two attached hydrogens (primary N) is 1. The predicted molar refractivity (Wildman–Crippen MR) is 62.7 cm³/mol. The van der Waals surface area contributed by atoms with Crippen LogP contribution in [0.15, 0.2) is 24.5 Å². The highest BCUT2D eigenvalue weighted by Crippen LogP contribution is 2.13. The van der Waals surface area contributed by atoms with Crippen LogP contribution in [0.25, 0.3) is 0 Å². The van der Waals surface area contributed by atoms with Gasteiger partial charge in [0.2, 0.25) is 0 Å². The second-order valence-electron chi connectivity index (χ2n) is 4.18. The van der Waals surface area contributed by atoms with Gasteiger partial charge in [-0.1, -0.05) is 12.1 Å². The van der Waals surface area contributed by atoms with Crippen molar-refractivity contribution in [2.75, 3.05) is 0 Å². The van der Waals surface area contributed by atoms with Crippen LogP contribution in [-0.2, 0) is 19.9 Å². The molecule has 1 aromatic heterocycles. The highest BCUT2D eigenvalue weighted by molar-refractivity contribution is 5.20. The fraction of sp³-hybridized carbons (Fsp3) is 0.333. The molecule has 18 heavy (non-hydrogen) atoms. The first-order chi connectivity index (χ1) is 8.58. The maximum Gasteiger partial charge on any atom is 0.162 e. The van der Waals surface area contributed by atoms with Gasteiger partial charge in [0.1, 0.15) is 12.2 Å². The lowest BCUT2D eigenvalue weighted by Crippen LogP contribution is -2.27. The Bertz CT molecular complexity index is 539. The molecule has 0 fully saturated rings. The van der Waals surface area contributed by atoms with Crippen LogP contribution in [0, 0.1) is 11.6 Å². The van der Waals surface area contributed by atoms with Crippen molar-refractivity contribution in [2.45, 2.75) is 18.9 Å². The van der Waals surface area contributed by atoms with E-state index in [4.69, 9.17) is 5.73 Å². The van der Waals surface area contributed by atoms with Crippen molar-refractivity contribution in [1.82, 2.24) is 14.8 Å². The Morgan fingerprint density at radius 3 is 2.78 bits per heavy atom. The van der Waals surface area contributed by atoms with Crippen molar-refractivity contribution in [3.05, 3.63) is 47.5 Å². The summed E-state index contributed by atoms with van der Waals surface area (Å²) < 4.78 is 28.1. The van der Waals surface area contributed by atoms with E-state index in [2.05, 4.69) is 10.1 Å². The maximum absolute atomic E-state index is 13.5. The smallest absolute Gasteiger partial charge is 0.162 e. The zero-order valence-electron chi connectivity index (χ0n) is 9.98. The molecule has 2 N–H and O–H groups in total. The SMILES string of the molecule is Cn1ncnc1CC(N)Cc1cccc(F)c1F. The van der Waals surface area contributed by atoms with Crippen molar-refractivity contribution in [1.29, 1.82) is 0 Å². The van der Waals surface area contributed by atoms with Crippen LogP contribution >= 0.6 is 0 Å². The largest absolute Gasteiger partial charge is 0.327 e. The monoisotopic (exact) mass is 252 g/mol. The Labute approximate surface area is 103 Å². The van der Waals surface area contributed by atoms with Crippen molar-refractivity contribution >= 4 is 0 Å². The second-order valence-corrected chi connectivity index (χ2v) is 4.18. The molecule has 1 atom stereocenters. The minimum absolute atomic E-state index is 0.260. The van der Waals surface area contributed by atoms with Gasteiger partial charge in [-0.15, -0.1) is 0 Å². The summed E-state index contributed by atoms with van der Waals surface area (Å²) in [5, 5.41) is 3.92. The zero-order chi connectivity index (χ0) is 13.1. The van der Waals surface area contributed by atoms with E-state index in [0.29, 0.717) is 6.42 Å². The summed E-state index contributed by atoms with van der Waals surface area (Å²) in [5.41, 5.74) is 6.20. The molecule has 0 saturated heterocycles. The molecular formula is C12H14F2N4. The van der Waals surface area contributed by atoms with Gasteiger partial charge >= 0.3 is 0 Å². The minimum atomic E-state index is -0.849. The van der Waals surface area contributed by atoms with E-state index in [-0.39, 0.29) is 18.0 Å². The van der Waals surface area contributed by atoms with Gasteiger partial charge in [-0.05, 0) is 18.1 Å². The molecule has 0 bridgehead atoms. The molecule has 1 aromatic carbocycles. The zero-order valence-corrected chi connectivity index (χ0v) is 9.98. The average Bonchev–Trinajstić information content (AvgIpc) is 2.71. The Balaban J connectivity index is 2.05. The molecule has 1 heterocycles. The van der Waals surface area contributed by atoms with Crippen LogP contribution < -0.4 is 5.73 Å². The Kier molecular flexibility index (Phi) is 3.66. The third-order valence-corrected chi connectivity index (χ3v) is 2.76. The van der Waals surface area contributed by atoms with Crippen molar-refractivity contribution in [3.8, 4) is 0 Å². The fourth-order valence-electron chi connectivity index (χ4n) is 1.80. The summed E-state index contributed by atoms with van der Waals surface area (Å²) in [6.07, 6.45) is 2.16. The van der Waals surface area contributed by atoms with Gasteiger partial charge in [-0.3, -0.25) is 4.68 Å². The molecule has 4 nitrogen and oxygen atoms in total. The number of hydrogen-bond acceptors (Lipinski definition) is 3. The van der Waals surface area contributed by atoms with Crippen LogP contribution in [0.4, 0.5) is 8.78 Å². The number of benzene rings is 1. The summed E-state index contributed by atoms with van der Waals surface area (Å²) in [6, 6.07) is 3.77. The van der Waals surface area contributed by atoms with Gasteiger partial charge in [-0.25, -0.2) is 13.8 Å². The third-order valence-electron chi connectivity index (χ3n) is 2.76. The molecule has 2 aromatic rings. The predicted octanol–water partition coefficient (Wildman–Crippen LogP) is 1.21. The molecule has 0 aliphatic rings. The van der Waals surface area contributed by atoms with Gasteiger partial charge < -0.3 is 5.73 Å². The highest BCUT2D eigenvalue weighted by Gasteiger charge is 2.13. The second kappa shape index (κ2) is 5.22. The molecule has 0 spiro atoms. The number of halogens is 2. The summed E-state index contributed by atoms with van der Waals surface area (Å²) >= 11 is 0. The molecule has 0 saturated carbocycles. The molecule has 0 amide bonds. The van der Waals surface area contributed by atoms with E-state index in [1.165, 1.54) is 18.5 Å². The quantitative estimate of drug-likeness (QED) is 0.889.